The van der Waals surface area contributed by atoms with E-state index in [1.54, 1.807) is 0 Å². The first-order chi connectivity index (χ1) is 6.86. The highest BCUT2D eigenvalue weighted by molar-refractivity contribution is 5.79. The summed E-state index contributed by atoms with van der Waals surface area (Å²) in [6, 6.07) is 0.352. The van der Waals surface area contributed by atoms with E-state index in [-0.39, 0.29) is 0 Å². The second kappa shape index (κ2) is 4.87. The zero-order valence-corrected chi connectivity index (χ0v) is 8.41. The van der Waals surface area contributed by atoms with Gasteiger partial charge in [-0.3, -0.25) is 9.69 Å². The van der Waals surface area contributed by atoms with Gasteiger partial charge in [0.15, 0.2) is 0 Å². The van der Waals surface area contributed by atoms with Crippen LogP contribution in [0.2, 0.25) is 0 Å². The van der Waals surface area contributed by atoms with Crippen LogP contribution in [0.1, 0.15) is 12.8 Å². The van der Waals surface area contributed by atoms with Gasteiger partial charge in [-0.05, 0) is 0 Å². The zero-order valence-electron chi connectivity index (χ0n) is 8.41. The summed E-state index contributed by atoms with van der Waals surface area (Å²) in [6.07, 6.45) is 1.38. The monoisotopic (exact) mass is 199 g/mol. The number of Topliss-reactive ketones (excluding diaryl/α,β-unsaturated/α-hetero) is 1. The van der Waals surface area contributed by atoms with Gasteiger partial charge in [-0.1, -0.05) is 0 Å². The number of likely N-dealkylation sites (tertiary alicyclic amines) is 1. The molecule has 2 saturated heterocycles. The Morgan fingerprint density at radius 3 is 2.21 bits per heavy atom. The fraction of sp³-hybridized carbons (Fsp3) is 0.900. The molecule has 2 aliphatic rings. The second-order valence-electron chi connectivity index (χ2n) is 3.88. The minimum atomic E-state index is 0.352. The van der Waals surface area contributed by atoms with Crippen LogP contribution >= 0.6 is 0 Å². The van der Waals surface area contributed by atoms with Gasteiger partial charge in [0.1, 0.15) is 5.78 Å². The van der Waals surface area contributed by atoms with Gasteiger partial charge >= 0.3 is 0 Å². The van der Waals surface area contributed by atoms with Crippen molar-refractivity contribution in [2.24, 2.45) is 0 Å². The average Bonchev–Trinajstić information content (AvgIpc) is 2.47. The summed E-state index contributed by atoms with van der Waals surface area (Å²) in [5, 5.41) is 0. The van der Waals surface area contributed by atoms with Crippen molar-refractivity contribution in [1.29, 1.82) is 0 Å². The molecule has 2 fully saturated rings. The number of hydrogen-bond donors (Lipinski definition) is 0. The smallest absolute Gasteiger partial charge is 0.135 e. The number of nitrogens with zero attached hydrogens (tertiary/aromatic N) is 1. The van der Waals surface area contributed by atoms with Crippen molar-refractivity contribution in [1.82, 2.24) is 4.90 Å². The van der Waals surface area contributed by atoms with Gasteiger partial charge in [-0.2, -0.15) is 0 Å². The molecule has 80 valence electrons. The van der Waals surface area contributed by atoms with Gasteiger partial charge in [0.2, 0.25) is 0 Å². The van der Waals surface area contributed by atoms with E-state index in [1.165, 1.54) is 0 Å². The van der Waals surface area contributed by atoms with Crippen molar-refractivity contribution >= 4 is 5.78 Å². The number of hydrogen-bond acceptors (Lipinski definition) is 4. The Morgan fingerprint density at radius 1 is 1.07 bits per heavy atom. The Morgan fingerprint density at radius 2 is 1.64 bits per heavy atom. The molecule has 0 aromatic carbocycles. The fourth-order valence-corrected chi connectivity index (χ4v) is 1.95. The number of carbonyl (C=O) groups excluding carboxylic acids is 1. The molecule has 0 radical (unpaired) electrons. The van der Waals surface area contributed by atoms with Crippen LogP contribution in [0.25, 0.3) is 0 Å². The first-order valence-electron chi connectivity index (χ1n) is 5.27. The molecule has 0 atom stereocenters. The SMILES string of the molecule is O=C1CCN(C2COCCOC2)CC1. The van der Waals surface area contributed by atoms with E-state index in [9.17, 15) is 4.79 Å². The lowest BCUT2D eigenvalue weighted by atomic mass is 10.1. The maximum absolute atomic E-state index is 11.1. The van der Waals surface area contributed by atoms with Crippen LogP contribution in [-0.4, -0.2) is 56.2 Å². The molecule has 4 heteroatoms. The van der Waals surface area contributed by atoms with E-state index in [2.05, 4.69) is 4.90 Å². The molecule has 4 nitrogen and oxygen atoms in total. The molecule has 2 heterocycles. The van der Waals surface area contributed by atoms with E-state index in [0.29, 0.717) is 37.9 Å². The molecule has 0 aromatic rings. The fourth-order valence-electron chi connectivity index (χ4n) is 1.95. The van der Waals surface area contributed by atoms with Crippen molar-refractivity contribution < 1.29 is 14.3 Å². The van der Waals surface area contributed by atoms with Crippen LogP contribution in [0.3, 0.4) is 0 Å². The maximum atomic E-state index is 11.1. The zero-order chi connectivity index (χ0) is 9.80. The first-order valence-corrected chi connectivity index (χ1v) is 5.27. The summed E-state index contributed by atoms with van der Waals surface area (Å²) in [6.45, 7) is 4.63. The number of carbonyl (C=O) groups is 1. The second-order valence-corrected chi connectivity index (χ2v) is 3.88. The van der Waals surface area contributed by atoms with E-state index in [0.717, 1.165) is 26.3 Å². The van der Waals surface area contributed by atoms with Crippen LogP contribution in [0.15, 0.2) is 0 Å². The van der Waals surface area contributed by atoms with Crippen molar-refractivity contribution in [3.05, 3.63) is 0 Å². The highest BCUT2D eigenvalue weighted by Crippen LogP contribution is 2.12. The van der Waals surface area contributed by atoms with Crippen molar-refractivity contribution in [2.75, 3.05) is 39.5 Å². The summed E-state index contributed by atoms with van der Waals surface area (Å²) in [4.78, 5) is 13.4. The Hall–Kier alpha value is -0.450. The average molecular weight is 199 g/mol. The lowest BCUT2D eigenvalue weighted by Gasteiger charge is -2.32. The number of ketones is 1. The van der Waals surface area contributed by atoms with Gasteiger partial charge in [-0.25, -0.2) is 0 Å². The van der Waals surface area contributed by atoms with E-state index in [4.69, 9.17) is 9.47 Å². The normalized spacial score (nSPS) is 27.6. The van der Waals surface area contributed by atoms with Gasteiger partial charge in [0.05, 0.1) is 32.5 Å². The molecule has 2 aliphatic heterocycles. The third-order valence-corrected chi connectivity index (χ3v) is 2.86. The molecule has 2 rings (SSSR count). The molecule has 0 aromatic heterocycles. The standard InChI is InChI=1S/C10H17NO3/c12-10-1-3-11(4-2-10)9-7-13-5-6-14-8-9/h9H,1-8H2. The topological polar surface area (TPSA) is 38.8 Å². The van der Waals surface area contributed by atoms with Gasteiger partial charge in [0.25, 0.3) is 0 Å². The number of ether oxygens (including phenoxy) is 2. The molecule has 0 N–H and O–H groups in total. The molecule has 0 bridgehead atoms. The Labute approximate surface area is 84.2 Å². The van der Waals surface area contributed by atoms with Gasteiger partial charge in [0, 0.05) is 25.9 Å². The van der Waals surface area contributed by atoms with Gasteiger partial charge < -0.3 is 9.47 Å². The molecule has 0 aliphatic carbocycles. The van der Waals surface area contributed by atoms with Crippen LogP contribution in [0.4, 0.5) is 0 Å². The summed E-state index contributed by atoms with van der Waals surface area (Å²) >= 11 is 0. The molecular formula is C10H17NO3. The molecule has 14 heavy (non-hydrogen) atoms. The van der Waals surface area contributed by atoms with Crippen molar-refractivity contribution in [3.8, 4) is 0 Å². The Kier molecular flexibility index (Phi) is 3.50. The van der Waals surface area contributed by atoms with E-state index in [1.807, 2.05) is 0 Å². The quantitative estimate of drug-likeness (QED) is 0.599. The van der Waals surface area contributed by atoms with Crippen LogP contribution in [-0.2, 0) is 14.3 Å². The van der Waals surface area contributed by atoms with Crippen molar-refractivity contribution in [3.63, 3.8) is 0 Å². The molecule has 0 amide bonds. The summed E-state index contributed by atoms with van der Waals surface area (Å²) < 4.78 is 10.9. The number of piperidine rings is 1. The molecular weight excluding hydrogens is 182 g/mol. The lowest BCUT2D eigenvalue weighted by molar-refractivity contribution is -0.122. The largest absolute Gasteiger partial charge is 0.377 e. The van der Waals surface area contributed by atoms with Crippen LogP contribution < -0.4 is 0 Å². The third kappa shape index (κ3) is 2.53. The highest BCUT2D eigenvalue weighted by Gasteiger charge is 2.24. The maximum Gasteiger partial charge on any atom is 0.135 e. The molecule has 0 unspecified atom stereocenters. The number of rotatable bonds is 1. The highest BCUT2D eigenvalue weighted by atomic mass is 16.5. The first kappa shape index (κ1) is 10.1. The lowest BCUT2D eigenvalue weighted by Crippen LogP contribution is -2.45. The Balaban J connectivity index is 1.83. The van der Waals surface area contributed by atoms with Crippen LogP contribution in [0.5, 0.6) is 0 Å². The predicted octanol–water partition coefficient (Wildman–Crippen LogP) is 0.0667. The summed E-state index contributed by atoms with van der Waals surface area (Å²) in [5.74, 6) is 0.386. The Bertz CT molecular complexity index is 190. The van der Waals surface area contributed by atoms with Gasteiger partial charge in [-0.15, -0.1) is 0 Å². The van der Waals surface area contributed by atoms with Crippen LogP contribution in [0, 0.1) is 0 Å². The third-order valence-electron chi connectivity index (χ3n) is 2.86. The molecule has 0 saturated carbocycles. The summed E-state index contributed by atoms with van der Waals surface area (Å²) in [5.41, 5.74) is 0. The predicted molar refractivity (Wildman–Crippen MR) is 51.2 cm³/mol. The van der Waals surface area contributed by atoms with E-state index < -0.39 is 0 Å². The minimum Gasteiger partial charge on any atom is -0.377 e. The summed E-state index contributed by atoms with van der Waals surface area (Å²) in [7, 11) is 0. The molecule has 0 spiro atoms. The van der Waals surface area contributed by atoms with Crippen molar-refractivity contribution in [2.45, 2.75) is 18.9 Å². The minimum absolute atomic E-state index is 0.352. The van der Waals surface area contributed by atoms with E-state index >= 15 is 0 Å².